The summed E-state index contributed by atoms with van der Waals surface area (Å²) in [6, 6.07) is 9.32. The summed E-state index contributed by atoms with van der Waals surface area (Å²) in [6.07, 6.45) is 5.05. The van der Waals surface area contributed by atoms with Gasteiger partial charge in [0, 0.05) is 18.1 Å². The Hall–Kier alpha value is -1.88. The van der Waals surface area contributed by atoms with Crippen LogP contribution in [0, 0.1) is 0 Å². The van der Waals surface area contributed by atoms with Crippen molar-refractivity contribution in [3.05, 3.63) is 52.8 Å². The molecule has 3 rings (SSSR count). The molecule has 0 aliphatic heterocycles. The molecule has 0 radical (unpaired) electrons. The third-order valence-electron chi connectivity index (χ3n) is 3.67. The fourth-order valence-electron chi connectivity index (χ4n) is 2.29. The average Bonchev–Trinajstić information content (AvgIpc) is 3.24. The number of carbonyl (C=O) groups excluding carboxylic acids is 1. The topological polar surface area (TPSA) is 68.0 Å². The molecule has 1 aliphatic carbocycles. The maximum atomic E-state index is 12.6. The van der Waals surface area contributed by atoms with E-state index in [1.54, 1.807) is 18.5 Å². The Bertz CT molecular complexity index is 650. The number of aromatic nitrogens is 1. The summed E-state index contributed by atoms with van der Waals surface area (Å²) < 4.78 is 0.779. The normalized spacial score (nSPS) is 15.7. The number of pyridine rings is 1. The van der Waals surface area contributed by atoms with Crippen LogP contribution in [-0.4, -0.2) is 10.9 Å². The van der Waals surface area contributed by atoms with Gasteiger partial charge in [-0.3, -0.25) is 9.78 Å². The van der Waals surface area contributed by atoms with Gasteiger partial charge in [-0.05, 0) is 52.5 Å². The first-order valence-corrected chi connectivity index (χ1v) is 7.18. The van der Waals surface area contributed by atoms with Gasteiger partial charge < -0.3 is 11.1 Å². The van der Waals surface area contributed by atoms with E-state index in [1.807, 2.05) is 24.3 Å². The molecule has 0 bridgehead atoms. The Labute approximate surface area is 125 Å². The number of rotatable bonds is 3. The number of nitrogens with two attached hydrogens (primary N) is 1. The number of halogens is 1. The lowest BCUT2D eigenvalue weighted by atomic mass is 9.94. The molecule has 1 fully saturated rings. The molecule has 1 aromatic carbocycles. The van der Waals surface area contributed by atoms with Crippen LogP contribution in [0.15, 0.2) is 47.2 Å². The van der Waals surface area contributed by atoms with Gasteiger partial charge in [0.15, 0.2) is 0 Å². The summed E-state index contributed by atoms with van der Waals surface area (Å²) >= 11 is 3.38. The van der Waals surface area contributed by atoms with Crippen LogP contribution in [0.25, 0.3) is 0 Å². The lowest BCUT2D eigenvalue weighted by molar-refractivity contribution is -0.118. The Kier molecular flexibility index (Phi) is 3.22. The first-order valence-electron chi connectivity index (χ1n) is 6.39. The van der Waals surface area contributed by atoms with Crippen molar-refractivity contribution in [3.63, 3.8) is 0 Å². The molecule has 1 saturated carbocycles. The molecule has 2 aromatic rings. The third kappa shape index (κ3) is 2.29. The predicted molar refractivity (Wildman–Crippen MR) is 82.3 cm³/mol. The quantitative estimate of drug-likeness (QED) is 0.849. The van der Waals surface area contributed by atoms with Crippen LogP contribution in [0.3, 0.4) is 0 Å². The second-order valence-electron chi connectivity index (χ2n) is 5.01. The first-order chi connectivity index (χ1) is 9.62. The lowest BCUT2D eigenvalue weighted by Gasteiger charge is -2.16. The number of nitrogen functional groups attached to an aromatic ring is 1. The van der Waals surface area contributed by atoms with Crippen molar-refractivity contribution in [2.75, 3.05) is 11.1 Å². The van der Waals surface area contributed by atoms with Crippen molar-refractivity contribution in [2.24, 2.45) is 0 Å². The highest BCUT2D eigenvalue weighted by molar-refractivity contribution is 9.10. The third-order valence-corrected chi connectivity index (χ3v) is 4.30. The summed E-state index contributed by atoms with van der Waals surface area (Å²) in [6.45, 7) is 0. The molecule has 1 aliphatic rings. The number of anilines is 2. The molecule has 1 heterocycles. The average molecular weight is 332 g/mol. The minimum Gasteiger partial charge on any atom is -0.399 e. The van der Waals surface area contributed by atoms with Gasteiger partial charge in [0.25, 0.3) is 0 Å². The van der Waals surface area contributed by atoms with Gasteiger partial charge in [0.2, 0.25) is 5.91 Å². The molecule has 102 valence electrons. The highest BCUT2D eigenvalue weighted by Gasteiger charge is 2.51. The highest BCUT2D eigenvalue weighted by Crippen LogP contribution is 2.49. The van der Waals surface area contributed by atoms with E-state index in [4.69, 9.17) is 5.73 Å². The largest absolute Gasteiger partial charge is 0.399 e. The lowest BCUT2D eigenvalue weighted by Crippen LogP contribution is -2.28. The SMILES string of the molecule is Nc1ccc(C2(C(=O)Nc3ccncc3Br)CC2)cc1. The molecule has 1 amide bonds. The Morgan fingerprint density at radius 2 is 1.95 bits per heavy atom. The molecule has 3 N–H and O–H groups in total. The zero-order valence-electron chi connectivity index (χ0n) is 10.8. The summed E-state index contributed by atoms with van der Waals surface area (Å²) in [7, 11) is 0. The number of hydrogen-bond acceptors (Lipinski definition) is 3. The Morgan fingerprint density at radius 3 is 2.55 bits per heavy atom. The Morgan fingerprint density at radius 1 is 1.25 bits per heavy atom. The molecule has 20 heavy (non-hydrogen) atoms. The molecular weight excluding hydrogens is 318 g/mol. The van der Waals surface area contributed by atoms with E-state index >= 15 is 0 Å². The van der Waals surface area contributed by atoms with Crippen LogP contribution in [0.5, 0.6) is 0 Å². The minimum absolute atomic E-state index is 0.0224. The molecular formula is C15H14BrN3O. The van der Waals surface area contributed by atoms with Gasteiger partial charge >= 0.3 is 0 Å². The van der Waals surface area contributed by atoms with E-state index in [0.717, 1.165) is 28.6 Å². The second kappa shape index (κ2) is 4.90. The summed E-state index contributed by atoms with van der Waals surface area (Å²) in [5, 5.41) is 2.97. The minimum atomic E-state index is -0.406. The second-order valence-corrected chi connectivity index (χ2v) is 5.87. The number of nitrogens with one attached hydrogen (secondary N) is 1. The highest BCUT2D eigenvalue weighted by atomic mass is 79.9. The number of benzene rings is 1. The number of hydrogen-bond donors (Lipinski definition) is 2. The van der Waals surface area contributed by atoms with Crippen molar-refractivity contribution in [1.29, 1.82) is 0 Å². The molecule has 0 spiro atoms. The van der Waals surface area contributed by atoms with E-state index in [1.165, 1.54) is 0 Å². The first kappa shape index (κ1) is 13.1. The monoisotopic (exact) mass is 331 g/mol. The van der Waals surface area contributed by atoms with Crippen LogP contribution < -0.4 is 11.1 Å². The van der Waals surface area contributed by atoms with E-state index < -0.39 is 5.41 Å². The molecule has 4 nitrogen and oxygen atoms in total. The predicted octanol–water partition coefficient (Wildman–Crippen LogP) is 3.10. The summed E-state index contributed by atoms with van der Waals surface area (Å²) in [4.78, 5) is 16.5. The van der Waals surface area contributed by atoms with Gasteiger partial charge in [0.05, 0.1) is 15.6 Å². The molecule has 0 unspecified atom stereocenters. The number of amides is 1. The molecule has 1 aromatic heterocycles. The van der Waals surface area contributed by atoms with E-state index in [2.05, 4.69) is 26.2 Å². The van der Waals surface area contributed by atoms with E-state index in [0.29, 0.717) is 5.69 Å². The summed E-state index contributed by atoms with van der Waals surface area (Å²) in [5.41, 5.74) is 7.76. The van der Waals surface area contributed by atoms with Crippen molar-refractivity contribution < 1.29 is 4.79 Å². The van der Waals surface area contributed by atoms with Gasteiger partial charge in [-0.2, -0.15) is 0 Å². The van der Waals surface area contributed by atoms with Crippen LogP contribution in [0.2, 0.25) is 0 Å². The fraction of sp³-hybridized carbons (Fsp3) is 0.200. The van der Waals surface area contributed by atoms with Crippen LogP contribution in [0.4, 0.5) is 11.4 Å². The zero-order chi connectivity index (χ0) is 14.2. The van der Waals surface area contributed by atoms with Crippen molar-refractivity contribution in [3.8, 4) is 0 Å². The van der Waals surface area contributed by atoms with E-state index in [9.17, 15) is 4.79 Å². The van der Waals surface area contributed by atoms with Crippen molar-refractivity contribution in [2.45, 2.75) is 18.3 Å². The van der Waals surface area contributed by atoms with Gasteiger partial charge in [-0.15, -0.1) is 0 Å². The molecule has 5 heteroatoms. The van der Waals surface area contributed by atoms with E-state index in [-0.39, 0.29) is 5.91 Å². The smallest absolute Gasteiger partial charge is 0.235 e. The van der Waals surface area contributed by atoms with Crippen molar-refractivity contribution >= 4 is 33.2 Å². The number of nitrogens with zero attached hydrogens (tertiary/aromatic N) is 1. The molecule has 0 atom stereocenters. The van der Waals surface area contributed by atoms with Gasteiger partial charge in [-0.1, -0.05) is 12.1 Å². The fourth-order valence-corrected chi connectivity index (χ4v) is 2.64. The zero-order valence-corrected chi connectivity index (χ0v) is 12.4. The maximum Gasteiger partial charge on any atom is 0.235 e. The van der Waals surface area contributed by atoms with Gasteiger partial charge in [0.1, 0.15) is 0 Å². The summed E-state index contributed by atoms with van der Waals surface area (Å²) in [5.74, 6) is 0.0224. The van der Waals surface area contributed by atoms with Crippen LogP contribution in [-0.2, 0) is 10.2 Å². The molecule has 0 saturated heterocycles. The number of carbonyl (C=O) groups is 1. The van der Waals surface area contributed by atoms with Crippen LogP contribution in [0.1, 0.15) is 18.4 Å². The maximum absolute atomic E-state index is 12.6. The Balaban J connectivity index is 1.84. The van der Waals surface area contributed by atoms with Crippen molar-refractivity contribution in [1.82, 2.24) is 4.98 Å². The van der Waals surface area contributed by atoms with Crippen LogP contribution >= 0.6 is 15.9 Å². The van der Waals surface area contributed by atoms with Gasteiger partial charge in [-0.25, -0.2) is 0 Å². The standard InChI is InChI=1S/C15H14BrN3O/c16-12-9-18-8-5-13(12)19-14(20)15(6-7-15)10-1-3-11(17)4-2-10/h1-5,8-9H,6-7,17H2,(H,18,19,20).